The van der Waals surface area contributed by atoms with E-state index in [0.29, 0.717) is 11.4 Å². The van der Waals surface area contributed by atoms with Crippen LogP contribution >= 0.6 is 0 Å². The van der Waals surface area contributed by atoms with Crippen molar-refractivity contribution in [1.29, 1.82) is 0 Å². The van der Waals surface area contributed by atoms with Crippen LogP contribution in [0.3, 0.4) is 0 Å². The Hall–Kier alpha value is -2.21. The van der Waals surface area contributed by atoms with Crippen LogP contribution < -0.4 is 5.32 Å². The summed E-state index contributed by atoms with van der Waals surface area (Å²) in [5.41, 5.74) is 0.605. The minimum atomic E-state index is -0.0303. The molecule has 6 heteroatoms. The molecule has 2 aromatic rings. The van der Waals surface area contributed by atoms with Gasteiger partial charge in [0.15, 0.2) is 5.82 Å². The van der Waals surface area contributed by atoms with Gasteiger partial charge in [-0.3, -0.25) is 9.69 Å². The van der Waals surface area contributed by atoms with E-state index in [-0.39, 0.29) is 11.9 Å². The summed E-state index contributed by atoms with van der Waals surface area (Å²) in [6.07, 6.45) is 14.3. The van der Waals surface area contributed by atoms with Crippen molar-refractivity contribution in [2.45, 2.75) is 57.0 Å². The topological polar surface area (TPSA) is 63.1 Å². The standard InChI is InChI=1S/C20H27N5O/c26-20(16-8-9-19(21-14-16)25-12-5-11-22-25)23-17-10-13-24(15-17)18-6-3-1-2-4-7-18/h5,8-9,11-12,14,17-18H,1-4,6-7,10,13,15H2,(H,23,26). The van der Waals surface area contributed by atoms with Gasteiger partial charge in [0.25, 0.3) is 5.91 Å². The van der Waals surface area contributed by atoms with Crippen LogP contribution in [0.15, 0.2) is 36.8 Å². The van der Waals surface area contributed by atoms with Gasteiger partial charge in [-0.2, -0.15) is 5.10 Å². The third kappa shape index (κ3) is 3.96. The van der Waals surface area contributed by atoms with Gasteiger partial charge in [-0.05, 0) is 37.5 Å². The smallest absolute Gasteiger partial charge is 0.253 e. The third-order valence-corrected chi connectivity index (χ3v) is 5.65. The number of carbonyl (C=O) groups is 1. The fourth-order valence-electron chi connectivity index (χ4n) is 4.19. The van der Waals surface area contributed by atoms with Crippen molar-refractivity contribution < 1.29 is 4.79 Å². The number of hydrogen-bond acceptors (Lipinski definition) is 4. The van der Waals surface area contributed by atoms with Crippen LogP contribution in [0.25, 0.3) is 5.82 Å². The van der Waals surface area contributed by atoms with Gasteiger partial charge >= 0.3 is 0 Å². The molecule has 4 rings (SSSR count). The predicted octanol–water partition coefficient (Wildman–Crippen LogP) is 2.79. The summed E-state index contributed by atoms with van der Waals surface area (Å²) >= 11 is 0. The summed E-state index contributed by atoms with van der Waals surface area (Å²) in [6, 6.07) is 6.46. The van der Waals surface area contributed by atoms with Crippen LogP contribution in [-0.2, 0) is 0 Å². The number of carbonyl (C=O) groups excluding carboxylic acids is 1. The van der Waals surface area contributed by atoms with Crippen LogP contribution in [0.2, 0.25) is 0 Å². The second-order valence-electron chi connectivity index (χ2n) is 7.46. The number of likely N-dealkylation sites (tertiary alicyclic amines) is 1. The van der Waals surface area contributed by atoms with Crippen LogP contribution in [0.5, 0.6) is 0 Å². The summed E-state index contributed by atoms with van der Waals surface area (Å²) in [5.74, 6) is 0.684. The first-order valence-corrected chi connectivity index (χ1v) is 9.80. The molecule has 1 aliphatic heterocycles. The fraction of sp³-hybridized carbons (Fsp3) is 0.550. The Labute approximate surface area is 154 Å². The largest absolute Gasteiger partial charge is 0.348 e. The van der Waals surface area contributed by atoms with Crippen LogP contribution in [0.4, 0.5) is 0 Å². The molecule has 1 unspecified atom stereocenters. The molecule has 1 amide bonds. The Morgan fingerprint density at radius 1 is 1.12 bits per heavy atom. The number of nitrogens with zero attached hydrogens (tertiary/aromatic N) is 4. The maximum absolute atomic E-state index is 12.5. The maximum Gasteiger partial charge on any atom is 0.253 e. The van der Waals surface area contributed by atoms with Crippen LogP contribution in [0, 0.1) is 0 Å². The normalized spacial score (nSPS) is 22.2. The first-order chi connectivity index (χ1) is 12.8. The van der Waals surface area contributed by atoms with Gasteiger partial charge < -0.3 is 5.32 Å². The molecule has 2 aliphatic rings. The minimum Gasteiger partial charge on any atom is -0.348 e. The highest BCUT2D eigenvalue weighted by Gasteiger charge is 2.29. The Bertz CT molecular complexity index is 704. The summed E-state index contributed by atoms with van der Waals surface area (Å²) in [5, 5.41) is 7.34. The number of nitrogens with one attached hydrogen (secondary N) is 1. The van der Waals surface area contributed by atoms with Crippen LogP contribution in [0.1, 0.15) is 55.3 Å². The van der Waals surface area contributed by atoms with Gasteiger partial charge in [-0.25, -0.2) is 9.67 Å². The van der Waals surface area contributed by atoms with Gasteiger partial charge in [0.2, 0.25) is 0 Å². The molecule has 0 bridgehead atoms. The van der Waals surface area contributed by atoms with E-state index < -0.39 is 0 Å². The van der Waals surface area contributed by atoms with Gasteiger partial charge in [0.1, 0.15) is 0 Å². The van der Waals surface area contributed by atoms with Gasteiger partial charge in [0.05, 0.1) is 5.56 Å². The predicted molar refractivity (Wildman–Crippen MR) is 100 cm³/mol. The lowest BCUT2D eigenvalue weighted by atomic mass is 10.1. The SMILES string of the molecule is O=C(NC1CCN(C2CCCCCC2)C1)c1ccc(-n2cccn2)nc1. The van der Waals surface area contributed by atoms with E-state index in [2.05, 4.69) is 20.3 Å². The average molecular weight is 353 g/mol. The first kappa shape index (κ1) is 17.2. The van der Waals surface area contributed by atoms with E-state index in [1.807, 2.05) is 24.4 Å². The van der Waals surface area contributed by atoms with E-state index in [1.54, 1.807) is 17.1 Å². The van der Waals surface area contributed by atoms with Crippen LogP contribution in [-0.4, -0.2) is 50.7 Å². The lowest BCUT2D eigenvalue weighted by Crippen LogP contribution is -2.39. The van der Waals surface area contributed by atoms with Gasteiger partial charge in [-0.15, -0.1) is 0 Å². The molecule has 26 heavy (non-hydrogen) atoms. The lowest BCUT2D eigenvalue weighted by molar-refractivity contribution is 0.0935. The molecular formula is C20H27N5O. The average Bonchev–Trinajstić information content (AvgIpc) is 3.29. The Kier molecular flexibility index (Phi) is 5.29. The van der Waals surface area contributed by atoms with E-state index >= 15 is 0 Å². The molecule has 6 nitrogen and oxygen atoms in total. The zero-order chi connectivity index (χ0) is 17.8. The number of amides is 1. The molecule has 1 N–H and O–H groups in total. The van der Waals surface area contributed by atoms with E-state index in [1.165, 1.54) is 38.5 Å². The zero-order valence-electron chi connectivity index (χ0n) is 15.2. The quantitative estimate of drug-likeness (QED) is 0.859. The monoisotopic (exact) mass is 353 g/mol. The van der Waals surface area contributed by atoms with Crippen molar-refractivity contribution in [2.24, 2.45) is 0 Å². The summed E-state index contributed by atoms with van der Waals surface area (Å²) in [6.45, 7) is 2.08. The number of aromatic nitrogens is 3. The second-order valence-corrected chi connectivity index (χ2v) is 7.46. The number of rotatable bonds is 4. The molecular weight excluding hydrogens is 326 g/mol. The summed E-state index contributed by atoms with van der Waals surface area (Å²) < 4.78 is 1.68. The van der Waals surface area contributed by atoms with E-state index in [9.17, 15) is 4.79 Å². The Balaban J connectivity index is 1.32. The molecule has 0 spiro atoms. The fourth-order valence-corrected chi connectivity index (χ4v) is 4.19. The van der Waals surface area contributed by atoms with Crippen molar-refractivity contribution in [3.63, 3.8) is 0 Å². The molecule has 1 saturated heterocycles. The highest BCUT2D eigenvalue weighted by Crippen LogP contribution is 2.25. The molecule has 1 atom stereocenters. The number of hydrogen-bond donors (Lipinski definition) is 1. The maximum atomic E-state index is 12.5. The molecule has 3 heterocycles. The molecule has 0 radical (unpaired) electrons. The molecule has 2 aromatic heterocycles. The van der Waals surface area contributed by atoms with Crippen molar-refractivity contribution in [1.82, 2.24) is 25.0 Å². The van der Waals surface area contributed by atoms with Crippen molar-refractivity contribution in [3.05, 3.63) is 42.4 Å². The Morgan fingerprint density at radius 2 is 1.96 bits per heavy atom. The van der Waals surface area contributed by atoms with E-state index in [4.69, 9.17) is 0 Å². The first-order valence-electron chi connectivity index (χ1n) is 9.80. The van der Waals surface area contributed by atoms with Crippen molar-refractivity contribution in [2.75, 3.05) is 13.1 Å². The van der Waals surface area contributed by atoms with Crippen molar-refractivity contribution >= 4 is 5.91 Å². The Morgan fingerprint density at radius 3 is 2.65 bits per heavy atom. The van der Waals surface area contributed by atoms with E-state index in [0.717, 1.165) is 25.6 Å². The van der Waals surface area contributed by atoms with Gasteiger partial charge in [-0.1, -0.05) is 25.7 Å². The molecule has 138 valence electrons. The highest BCUT2D eigenvalue weighted by atomic mass is 16.1. The lowest BCUT2D eigenvalue weighted by Gasteiger charge is -2.26. The van der Waals surface area contributed by atoms with Crippen molar-refractivity contribution in [3.8, 4) is 5.82 Å². The summed E-state index contributed by atoms with van der Waals surface area (Å²) in [4.78, 5) is 19.5. The number of pyridine rings is 1. The van der Waals surface area contributed by atoms with Gasteiger partial charge in [0, 0.05) is 43.8 Å². The third-order valence-electron chi connectivity index (χ3n) is 5.65. The minimum absolute atomic E-state index is 0.0303. The molecule has 2 fully saturated rings. The molecule has 1 saturated carbocycles. The zero-order valence-corrected chi connectivity index (χ0v) is 15.2. The molecule has 1 aliphatic carbocycles. The molecule has 0 aromatic carbocycles. The summed E-state index contributed by atoms with van der Waals surface area (Å²) in [7, 11) is 0. The highest BCUT2D eigenvalue weighted by molar-refractivity contribution is 5.94. The second kappa shape index (κ2) is 7.99.